The van der Waals surface area contributed by atoms with Gasteiger partial charge in [0.1, 0.15) is 0 Å². The maximum atomic E-state index is 12.4. The molecule has 0 saturated heterocycles. The number of anilines is 1. The second kappa shape index (κ2) is 7.18. The summed E-state index contributed by atoms with van der Waals surface area (Å²) in [7, 11) is 0. The van der Waals surface area contributed by atoms with E-state index in [2.05, 4.69) is 17.4 Å². The van der Waals surface area contributed by atoms with Crippen molar-refractivity contribution in [3.8, 4) is 0 Å². The number of carbonyl (C=O) groups is 1. The highest BCUT2D eigenvalue weighted by Gasteiger charge is 2.16. The molecular weight excluding hydrogens is 306 g/mol. The summed E-state index contributed by atoms with van der Waals surface area (Å²) in [4.78, 5) is 12.4. The molecule has 0 atom stereocenters. The zero-order valence-electron chi connectivity index (χ0n) is 13.4. The molecule has 0 aromatic heterocycles. The third kappa shape index (κ3) is 3.76. The van der Waals surface area contributed by atoms with E-state index in [1.54, 1.807) is 0 Å². The molecule has 0 radical (unpaired) electrons. The van der Waals surface area contributed by atoms with Crippen LogP contribution < -0.4 is 5.32 Å². The summed E-state index contributed by atoms with van der Waals surface area (Å²) < 4.78 is 0. The third-order valence-corrected chi connectivity index (χ3v) is 5.17. The molecule has 2 nitrogen and oxygen atoms in total. The smallest absolute Gasteiger partial charge is 0.255 e. The second-order valence-electron chi connectivity index (χ2n) is 6.32. The lowest BCUT2D eigenvalue weighted by atomic mass is 9.84. The molecule has 1 aliphatic carbocycles. The average molecular weight is 328 g/mol. The Kier molecular flexibility index (Phi) is 5.02. The van der Waals surface area contributed by atoms with Crippen molar-refractivity contribution in [1.82, 2.24) is 0 Å². The number of amides is 1. The van der Waals surface area contributed by atoms with Gasteiger partial charge in [-0.1, -0.05) is 49.1 Å². The van der Waals surface area contributed by atoms with E-state index in [9.17, 15) is 4.79 Å². The molecule has 2 aromatic carbocycles. The molecule has 0 heterocycles. The van der Waals surface area contributed by atoms with E-state index in [0.29, 0.717) is 16.5 Å². The van der Waals surface area contributed by atoms with E-state index >= 15 is 0 Å². The van der Waals surface area contributed by atoms with Crippen LogP contribution in [0.25, 0.3) is 0 Å². The number of carbonyl (C=O) groups excluding carboxylic acids is 1. The largest absolute Gasteiger partial charge is 0.322 e. The van der Waals surface area contributed by atoms with Crippen molar-refractivity contribution >= 4 is 23.2 Å². The molecule has 120 valence electrons. The maximum absolute atomic E-state index is 12.4. The quantitative estimate of drug-likeness (QED) is 0.741. The van der Waals surface area contributed by atoms with Crippen LogP contribution in [-0.2, 0) is 0 Å². The number of hydrogen-bond acceptors (Lipinski definition) is 1. The van der Waals surface area contributed by atoms with E-state index in [1.807, 2.05) is 37.3 Å². The Morgan fingerprint density at radius 2 is 1.74 bits per heavy atom. The molecule has 23 heavy (non-hydrogen) atoms. The van der Waals surface area contributed by atoms with Crippen LogP contribution in [0, 0.1) is 6.92 Å². The van der Waals surface area contributed by atoms with Crippen LogP contribution >= 0.6 is 11.6 Å². The van der Waals surface area contributed by atoms with Crippen LogP contribution in [0.5, 0.6) is 0 Å². The summed E-state index contributed by atoms with van der Waals surface area (Å²) in [6, 6.07) is 13.6. The van der Waals surface area contributed by atoms with Crippen LogP contribution in [0.2, 0.25) is 5.02 Å². The number of benzene rings is 2. The van der Waals surface area contributed by atoms with Gasteiger partial charge in [-0.3, -0.25) is 4.79 Å². The first-order valence-electron chi connectivity index (χ1n) is 8.31. The Bertz CT molecular complexity index is 687. The fraction of sp³-hybridized carbons (Fsp3) is 0.350. The zero-order chi connectivity index (χ0) is 16.2. The molecule has 1 N–H and O–H groups in total. The topological polar surface area (TPSA) is 29.1 Å². The Hall–Kier alpha value is -1.80. The number of hydrogen-bond donors (Lipinski definition) is 1. The number of rotatable bonds is 3. The average Bonchev–Trinajstić information content (AvgIpc) is 2.60. The predicted octanol–water partition coefficient (Wildman–Crippen LogP) is 5.95. The van der Waals surface area contributed by atoms with E-state index in [0.717, 1.165) is 11.3 Å². The standard InChI is InChI=1S/C20H22ClNO/c1-14-18(21)8-5-9-19(14)22-20(23)17-12-10-16(11-13-17)15-6-3-2-4-7-15/h5,8-13,15H,2-4,6-7H2,1H3,(H,22,23). The highest BCUT2D eigenvalue weighted by atomic mass is 35.5. The molecule has 1 saturated carbocycles. The van der Waals surface area contributed by atoms with Gasteiger partial charge in [0.25, 0.3) is 5.91 Å². The van der Waals surface area contributed by atoms with Crippen LogP contribution in [-0.4, -0.2) is 5.91 Å². The van der Waals surface area contributed by atoms with E-state index in [1.165, 1.54) is 37.7 Å². The summed E-state index contributed by atoms with van der Waals surface area (Å²) in [6.45, 7) is 1.91. The van der Waals surface area contributed by atoms with E-state index < -0.39 is 0 Å². The van der Waals surface area contributed by atoms with Crippen molar-refractivity contribution in [2.24, 2.45) is 0 Å². The minimum absolute atomic E-state index is 0.0921. The van der Waals surface area contributed by atoms with Crippen molar-refractivity contribution in [2.45, 2.75) is 44.9 Å². The zero-order valence-corrected chi connectivity index (χ0v) is 14.2. The molecule has 0 spiro atoms. The Labute approximate surface area is 142 Å². The second-order valence-corrected chi connectivity index (χ2v) is 6.73. The molecule has 0 unspecified atom stereocenters. The molecule has 1 amide bonds. The molecule has 2 aromatic rings. The molecule has 0 aliphatic heterocycles. The highest BCUT2D eigenvalue weighted by Crippen LogP contribution is 2.32. The minimum atomic E-state index is -0.0921. The van der Waals surface area contributed by atoms with Crippen molar-refractivity contribution in [3.63, 3.8) is 0 Å². The first-order chi connectivity index (χ1) is 11.1. The highest BCUT2D eigenvalue weighted by molar-refractivity contribution is 6.31. The van der Waals surface area contributed by atoms with Gasteiger partial charge >= 0.3 is 0 Å². The van der Waals surface area contributed by atoms with Crippen molar-refractivity contribution in [1.29, 1.82) is 0 Å². The third-order valence-electron chi connectivity index (χ3n) is 4.77. The van der Waals surface area contributed by atoms with Gasteiger partial charge in [-0.15, -0.1) is 0 Å². The van der Waals surface area contributed by atoms with Crippen LogP contribution in [0.1, 0.15) is 59.5 Å². The normalized spacial score (nSPS) is 15.4. The summed E-state index contributed by atoms with van der Waals surface area (Å²) in [5.41, 5.74) is 3.70. The van der Waals surface area contributed by atoms with E-state index in [-0.39, 0.29) is 5.91 Å². The lowest BCUT2D eigenvalue weighted by Crippen LogP contribution is -2.13. The molecule has 1 fully saturated rings. The molecular formula is C20H22ClNO. The van der Waals surface area contributed by atoms with Gasteiger partial charge in [0.2, 0.25) is 0 Å². The van der Waals surface area contributed by atoms with Crippen LogP contribution in [0.15, 0.2) is 42.5 Å². The molecule has 3 heteroatoms. The van der Waals surface area contributed by atoms with Crippen molar-refractivity contribution < 1.29 is 4.79 Å². The molecule has 1 aliphatic rings. The Balaban J connectivity index is 1.71. The fourth-order valence-electron chi connectivity index (χ4n) is 3.28. The van der Waals surface area contributed by atoms with Gasteiger partial charge in [0.05, 0.1) is 0 Å². The van der Waals surface area contributed by atoms with Gasteiger partial charge in [0.15, 0.2) is 0 Å². The van der Waals surface area contributed by atoms with Crippen molar-refractivity contribution in [3.05, 3.63) is 64.2 Å². The lowest BCUT2D eigenvalue weighted by molar-refractivity contribution is 0.102. The first-order valence-corrected chi connectivity index (χ1v) is 8.69. The maximum Gasteiger partial charge on any atom is 0.255 e. The van der Waals surface area contributed by atoms with Crippen LogP contribution in [0.3, 0.4) is 0 Å². The summed E-state index contributed by atoms with van der Waals surface area (Å²) in [5, 5.41) is 3.61. The van der Waals surface area contributed by atoms with Gasteiger partial charge < -0.3 is 5.32 Å². The molecule has 3 rings (SSSR count). The summed E-state index contributed by atoms with van der Waals surface area (Å²) in [6.07, 6.45) is 6.54. The van der Waals surface area contributed by atoms with Gasteiger partial charge in [-0.05, 0) is 61.1 Å². The summed E-state index contributed by atoms with van der Waals surface area (Å²) >= 11 is 6.10. The predicted molar refractivity (Wildman–Crippen MR) is 96.4 cm³/mol. The Morgan fingerprint density at radius 3 is 2.43 bits per heavy atom. The van der Waals surface area contributed by atoms with Gasteiger partial charge in [0, 0.05) is 16.3 Å². The SMILES string of the molecule is Cc1c(Cl)cccc1NC(=O)c1ccc(C2CCCCC2)cc1. The van der Waals surface area contributed by atoms with E-state index in [4.69, 9.17) is 11.6 Å². The monoisotopic (exact) mass is 327 g/mol. The lowest BCUT2D eigenvalue weighted by Gasteiger charge is -2.22. The number of nitrogens with one attached hydrogen (secondary N) is 1. The number of halogens is 1. The molecule has 0 bridgehead atoms. The van der Waals surface area contributed by atoms with Gasteiger partial charge in [-0.25, -0.2) is 0 Å². The van der Waals surface area contributed by atoms with Crippen molar-refractivity contribution in [2.75, 3.05) is 5.32 Å². The summed E-state index contributed by atoms with van der Waals surface area (Å²) in [5.74, 6) is 0.571. The van der Waals surface area contributed by atoms with Gasteiger partial charge in [-0.2, -0.15) is 0 Å². The minimum Gasteiger partial charge on any atom is -0.322 e. The first kappa shape index (κ1) is 16.1. The van der Waals surface area contributed by atoms with Crippen LogP contribution in [0.4, 0.5) is 5.69 Å². The Morgan fingerprint density at radius 1 is 1.04 bits per heavy atom. The fourth-order valence-corrected chi connectivity index (χ4v) is 3.45.